The zero-order valence-corrected chi connectivity index (χ0v) is 11.9. The predicted molar refractivity (Wildman–Crippen MR) is 82.9 cm³/mol. The molecule has 0 aliphatic rings. The summed E-state index contributed by atoms with van der Waals surface area (Å²) in [6, 6.07) is 15.2. The first-order valence-electron chi connectivity index (χ1n) is 6.82. The van der Waals surface area contributed by atoms with Gasteiger partial charge in [-0.2, -0.15) is 0 Å². The van der Waals surface area contributed by atoms with Crippen LogP contribution in [0.5, 0.6) is 0 Å². The number of hydrogen-bond donors (Lipinski definition) is 2. The molecule has 3 heteroatoms. The molecule has 0 atom stereocenters. The Hall–Kier alpha value is -2.39. The van der Waals surface area contributed by atoms with Crippen molar-refractivity contribution < 1.29 is 15.0 Å². The van der Waals surface area contributed by atoms with Crippen molar-refractivity contribution in [1.29, 1.82) is 0 Å². The van der Waals surface area contributed by atoms with Gasteiger partial charge < -0.3 is 10.2 Å². The van der Waals surface area contributed by atoms with Crippen LogP contribution in [0.3, 0.4) is 0 Å². The van der Waals surface area contributed by atoms with Gasteiger partial charge in [0.25, 0.3) is 0 Å². The molecule has 3 nitrogen and oxygen atoms in total. The number of allylic oxidation sites excluding steroid dienone is 1. The van der Waals surface area contributed by atoms with Gasteiger partial charge in [0.2, 0.25) is 0 Å². The maximum Gasteiger partial charge on any atom is 0.307 e. The van der Waals surface area contributed by atoms with E-state index in [0.717, 1.165) is 27.8 Å². The molecule has 2 aromatic carbocycles. The van der Waals surface area contributed by atoms with E-state index in [9.17, 15) is 9.90 Å². The molecule has 0 heterocycles. The number of carboxylic acid groups (broad SMARTS) is 1. The number of carbonyl (C=O) groups is 1. The van der Waals surface area contributed by atoms with Crippen LogP contribution in [0, 0.1) is 0 Å². The Morgan fingerprint density at radius 2 is 1.90 bits per heavy atom. The van der Waals surface area contributed by atoms with Crippen molar-refractivity contribution in [2.75, 3.05) is 0 Å². The van der Waals surface area contributed by atoms with Crippen LogP contribution in [0.25, 0.3) is 5.57 Å². The molecule has 108 valence electrons. The number of hydrogen-bond acceptors (Lipinski definition) is 2. The molecule has 0 bridgehead atoms. The van der Waals surface area contributed by atoms with Crippen LogP contribution in [-0.2, 0) is 17.8 Å². The number of carboxylic acids is 1. The third kappa shape index (κ3) is 3.58. The van der Waals surface area contributed by atoms with E-state index in [4.69, 9.17) is 5.11 Å². The Morgan fingerprint density at radius 3 is 2.57 bits per heavy atom. The van der Waals surface area contributed by atoms with Gasteiger partial charge >= 0.3 is 5.97 Å². The molecule has 2 aromatic rings. The standard InChI is InChI=1S/C18H18O3/c1-2-16(17-9-4-3-7-15(17)12-19)14-8-5-6-13(10-14)11-18(20)21/h2-10,19H,11-12H2,1H3,(H,20,21)/b16-2+. The van der Waals surface area contributed by atoms with Gasteiger partial charge in [0.05, 0.1) is 13.0 Å². The van der Waals surface area contributed by atoms with E-state index in [1.54, 1.807) is 0 Å². The lowest BCUT2D eigenvalue weighted by molar-refractivity contribution is -0.136. The van der Waals surface area contributed by atoms with Crippen LogP contribution in [0.15, 0.2) is 54.6 Å². The van der Waals surface area contributed by atoms with Gasteiger partial charge in [-0.3, -0.25) is 4.79 Å². The maximum absolute atomic E-state index is 10.8. The number of benzene rings is 2. The Bertz CT molecular complexity index is 672. The van der Waals surface area contributed by atoms with E-state index in [-0.39, 0.29) is 13.0 Å². The monoisotopic (exact) mass is 282 g/mol. The fourth-order valence-electron chi connectivity index (χ4n) is 2.42. The minimum Gasteiger partial charge on any atom is -0.481 e. The Labute approximate surface area is 124 Å². The normalized spacial score (nSPS) is 11.4. The molecule has 0 saturated heterocycles. The summed E-state index contributed by atoms with van der Waals surface area (Å²) in [5, 5.41) is 18.4. The van der Waals surface area contributed by atoms with E-state index in [0.29, 0.717) is 0 Å². The topological polar surface area (TPSA) is 57.5 Å². The first-order chi connectivity index (χ1) is 10.2. The maximum atomic E-state index is 10.8. The Balaban J connectivity index is 2.45. The lowest BCUT2D eigenvalue weighted by Crippen LogP contribution is -2.01. The van der Waals surface area contributed by atoms with Gasteiger partial charge in [-0.1, -0.05) is 54.6 Å². The van der Waals surface area contributed by atoms with E-state index < -0.39 is 5.97 Å². The molecule has 0 spiro atoms. The minimum absolute atomic E-state index is 0.00643. The molecule has 2 N–H and O–H groups in total. The highest BCUT2D eigenvalue weighted by atomic mass is 16.4. The quantitative estimate of drug-likeness (QED) is 0.885. The fourth-order valence-corrected chi connectivity index (χ4v) is 2.42. The van der Waals surface area contributed by atoms with Gasteiger partial charge in [0.1, 0.15) is 0 Å². The lowest BCUT2D eigenvalue weighted by Gasteiger charge is -2.13. The van der Waals surface area contributed by atoms with Gasteiger partial charge in [-0.25, -0.2) is 0 Å². The summed E-state index contributed by atoms with van der Waals surface area (Å²) in [6.45, 7) is 1.91. The number of aliphatic carboxylic acids is 1. The van der Waals surface area contributed by atoms with Crippen LogP contribution in [0.4, 0.5) is 0 Å². The van der Waals surface area contributed by atoms with Crippen molar-refractivity contribution in [2.24, 2.45) is 0 Å². The molecule has 0 radical (unpaired) electrons. The second-order valence-electron chi connectivity index (χ2n) is 4.79. The molecule has 0 aromatic heterocycles. The predicted octanol–water partition coefficient (Wildman–Crippen LogP) is 3.26. The molecule has 0 fully saturated rings. The van der Waals surface area contributed by atoms with Crippen LogP contribution in [-0.4, -0.2) is 16.2 Å². The Morgan fingerprint density at radius 1 is 1.14 bits per heavy atom. The van der Waals surface area contributed by atoms with Crippen molar-refractivity contribution in [3.63, 3.8) is 0 Å². The second-order valence-corrected chi connectivity index (χ2v) is 4.79. The van der Waals surface area contributed by atoms with Crippen LogP contribution in [0.2, 0.25) is 0 Å². The summed E-state index contributed by atoms with van der Waals surface area (Å²) in [5.74, 6) is -0.843. The first-order valence-corrected chi connectivity index (χ1v) is 6.82. The summed E-state index contributed by atoms with van der Waals surface area (Å²) >= 11 is 0. The van der Waals surface area contributed by atoms with E-state index in [1.807, 2.05) is 61.5 Å². The van der Waals surface area contributed by atoms with Crippen molar-refractivity contribution >= 4 is 11.5 Å². The summed E-state index contributed by atoms with van der Waals surface area (Å²) in [5.41, 5.74) is 4.54. The van der Waals surface area contributed by atoms with E-state index in [2.05, 4.69) is 0 Å². The largest absolute Gasteiger partial charge is 0.481 e. The third-order valence-electron chi connectivity index (χ3n) is 3.36. The second kappa shape index (κ2) is 6.86. The summed E-state index contributed by atoms with van der Waals surface area (Å²) in [6.07, 6.45) is 1.99. The smallest absolute Gasteiger partial charge is 0.307 e. The molecule has 0 aliphatic heterocycles. The SMILES string of the molecule is C/C=C(\c1cccc(CC(=O)O)c1)c1ccccc1CO. The lowest BCUT2D eigenvalue weighted by atomic mass is 9.92. The Kier molecular flexibility index (Phi) is 4.90. The molecule has 21 heavy (non-hydrogen) atoms. The van der Waals surface area contributed by atoms with Crippen molar-refractivity contribution in [2.45, 2.75) is 20.0 Å². The van der Waals surface area contributed by atoms with Gasteiger partial charge in [-0.05, 0) is 34.8 Å². The molecular weight excluding hydrogens is 264 g/mol. The highest BCUT2D eigenvalue weighted by Gasteiger charge is 2.10. The summed E-state index contributed by atoms with van der Waals surface area (Å²) in [4.78, 5) is 10.8. The zero-order valence-electron chi connectivity index (χ0n) is 11.9. The zero-order chi connectivity index (χ0) is 15.2. The van der Waals surface area contributed by atoms with Gasteiger partial charge in [-0.15, -0.1) is 0 Å². The van der Waals surface area contributed by atoms with Crippen molar-refractivity contribution in [1.82, 2.24) is 0 Å². The summed E-state index contributed by atoms with van der Waals surface area (Å²) in [7, 11) is 0. The van der Waals surface area contributed by atoms with Crippen molar-refractivity contribution in [3.05, 3.63) is 76.9 Å². The number of aliphatic hydroxyl groups excluding tert-OH is 1. The van der Waals surface area contributed by atoms with E-state index >= 15 is 0 Å². The van der Waals surface area contributed by atoms with Gasteiger partial charge in [0.15, 0.2) is 0 Å². The van der Waals surface area contributed by atoms with Crippen LogP contribution in [0.1, 0.15) is 29.2 Å². The fraction of sp³-hybridized carbons (Fsp3) is 0.167. The average molecular weight is 282 g/mol. The number of aliphatic hydroxyl groups is 1. The van der Waals surface area contributed by atoms with Crippen molar-refractivity contribution in [3.8, 4) is 0 Å². The molecule has 0 aliphatic carbocycles. The minimum atomic E-state index is -0.843. The third-order valence-corrected chi connectivity index (χ3v) is 3.36. The molecule has 0 unspecified atom stereocenters. The highest BCUT2D eigenvalue weighted by Crippen LogP contribution is 2.27. The molecule has 2 rings (SSSR count). The number of rotatable bonds is 5. The average Bonchev–Trinajstić information content (AvgIpc) is 2.48. The van der Waals surface area contributed by atoms with Crippen LogP contribution < -0.4 is 0 Å². The first kappa shape index (κ1) is 15.0. The molecule has 0 saturated carbocycles. The molecule has 0 amide bonds. The summed E-state index contributed by atoms with van der Waals surface area (Å²) < 4.78 is 0. The van der Waals surface area contributed by atoms with E-state index in [1.165, 1.54) is 0 Å². The highest BCUT2D eigenvalue weighted by molar-refractivity contribution is 5.82. The van der Waals surface area contributed by atoms with Crippen LogP contribution >= 0.6 is 0 Å². The van der Waals surface area contributed by atoms with Gasteiger partial charge in [0, 0.05) is 0 Å². The molecular formula is C18H18O3.